The first-order chi connectivity index (χ1) is 9.17. The molecule has 0 aliphatic carbocycles. The van der Waals surface area contributed by atoms with Gasteiger partial charge in [0, 0.05) is 28.8 Å². The number of halogens is 2. The van der Waals surface area contributed by atoms with Crippen LogP contribution in [0, 0.1) is 5.82 Å². The van der Waals surface area contributed by atoms with E-state index in [0.717, 1.165) is 28.6 Å². The highest BCUT2D eigenvalue weighted by molar-refractivity contribution is 9.10. The summed E-state index contributed by atoms with van der Waals surface area (Å²) >= 11 is 3.32. The zero-order valence-electron chi connectivity index (χ0n) is 10.7. The fraction of sp³-hybridized carbons (Fsp3) is 0.267. The third kappa shape index (κ3) is 4.40. The molecule has 2 nitrogen and oxygen atoms in total. The van der Waals surface area contributed by atoms with Gasteiger partial charge in [0.25, 0.3) is 0 Å². The first kappa shape index (κ1) is 14.2. The highest BCUT2D eigenvalue weighted by Gasteiger charge is 2.10. The van der Waals surface area contributed by atoms with Crippen LogP contribution >= 0.6 is 15.9 Å². The van der Waals surface area contributed by atoms with E-state index in [4.69, 9.17) is 0 Å². The summed E-state index contributed by atoms with van der Waals surface area (Å²) in [5.41, 5.74) is 2.01. The summed E-state index contributed by atoms with van der Waals surface area (Å²) in [4.78, 5) is 4.32. The van der Waals surface area contributed by atoms with E-state index in [9.17, 15) is 4.39 Å². The first-order valence-corrected chi connectivity index (χ1v) is 6.99. The van der Waals surface area contributed by atoms with E-state index < -0.39 is 0 Å². The molecule has 1 N–H and O–H groups in total. The van der Waals surface area contributed by atoms with Gasteiger partial charge in [-0.2, -0.15) is 0 Å². The van der Waals surface area contributed by atoms with Crippen LogP contribution in [0.1, 0.15) is 11.3 Å². The zero-order valence-corrected chi connectivity index (χ0v) is 12.3. The van der Waals surface area contributed by atoms with Crippen molar-refractivity contribution in [1.82, 2.24) is 10.3 Å². The average Bonchev–Trinajstić information content (AvgIpc) is 2.38. The summed E-state index contributed by atoms with van der Waals surface area (Å²) in [6.45, 7) is 0. The summed E-state index contributed by atoms with van der Waals surface area (Å²) in [7, 11) is 1.92. The van der Waals surface area contributed by atoms with Gasteiger partial charge in [-0.3, -0.25) is 4.98 Å². The van der Waals surface area contributed by atoms with Gasteiger partial charge < -0.3 is 5.32 Å². The summed E-state index contributed by atoms with van der Waals surface area (Å²) < 4.78 is 14.1. The maximum atomic E-state index is 13.3. The Morgan fingerprint density at radius 3 is 2.74 bits per heavy atom. The van der Waals surface area contributed by atoms with Crippen molar-refractivity contribution in [3.05, 3.63) is 64.1 Å². The van der Waals surface area contributed by atoms with Crippen LogP contribution in [0.4, 0.5) is 4.39 Å². The molecule has 1 unspecified atom stereocenters. The van der Waals surface area contributed by atoms with E-state index >= 15 is 0 Å². The normalized spacial score (nSPS) is 12.4. The van der Waals surface area contributed by atoms with Crippen LogP contribution in [0.5, 0.6) is 0 Å². The van der Waals surface area contributed by atoms with Gasteiger partial charge in [0.05, 0.1) is 0 Å². The molecule has 1 aromatic heterocycles. The molecule has 2 aromatic rings. The highest BCUT2D eigenvalue weighted by Crippen LogP contribution is 2.17. The summed E-state index contributed by atoms with van der Waals surface area (Å²) in [6, 6.07) is 11.1. The Labute approximate surface area is 121 Å². The number of pyridine rings is 1. The van der Waals surface area contributed by atoms with Gasteiger partial charge in [-0.1, -0.05) is 22.0 Å². The Kier molecular flexibility index (Phi) is 5.05. The first-order valence-electron chi connectivity index (χ1n) is 6.19. The molecule has 1 atom stereocenters. The van der Waals surface area contributed by atoms with Crippen molar-refractivity contribution in [3.63, 3.8) is 0 Å². The Balaban J connectivity index is 2.06. The minimum Gasteiger partial charge on any atom is -0.316 e. The molecular weight excluding hydrogens is 307 g/mol. The fourth-order valence-electron chi connectivity index (χ4n) is 2.06. The lowest BCUT2D eigenvalue weighted by Gasteiger charge is -2.16. The maximum Gasteiger partial charge on any atom is 0.124 e. The quantitative estimate of drug-likeness (QED) is 0.913. The number of nitrogens with zero attached hydrogens (tertiary/aromatic N) is 1. The fourth-order valence-corrected chi connectivity index (χ4v) is 2.57. The van der Waals surface area contributed by atoms with Crippen LogP contribution in [0.3, 0.4) is 0 Å². The molecule has 0 bridgehead atoms. The smallest absolute Gasteiger partial charge is 0.124 e. The van der Waals surface area contributed by atoms with Gasteiger partial charge in [0.2, 0.25) is 0 Å². The maximum absolute atomic E-state index is 13.3. The molecule has 2 rings (SSSR count). The molecule has 0 radical (unpaired) electrons. The molecule has 0 spiro atoms. The third-order valence-corrected chi connectivity index (χ3v) is 3.45. The molecule has 1 heterocycles. The monoisotopic (exact) mass is 322 g/mol. The van der Waals surface area contributed by atoms with Gasteiger partial charge >= 0.3 is 0 Å². The lowest BCUT2D eigenvalue weighted by atomic mass is 10.0. The molecule has 1 aromatic carbocycles. The van der Waals surface area contributed by atoms with Crippen molar-refractivity contribution < 1.29 is 4.39 Å². The van der Waals surface area contributed by atoms with Gasteiger partial charge in [-0.15, -0.1) is 0 Å². The van der Waals surface area contributed by atoms with Crippen LogP contribution in [0.2, 0.25) is 0 Å². The molecule has 19 heavy (non-hydrogen) atoms. The summed E-state index contributed by atoms with van der Waals surface area (Å²) in [5, 5.41) is 3.26. The van der Waals surface area contributed by atoms with Crippen LogP contribution in [-0.4, -0.2) is 18.1 Å². The summed E-state index contributed by atoms with van der Waals surface area (Å²) in [5.74, 6) is -0.211. The molecule has 0 saturated carbocycles. The van der Waals surface area contributed by atoms with Crippen molar-refractivity contribution in [1.29, 1.82) is 0 Å². The molecule has 0 aliphatic heterocycles. The SMILES string of the molecule is CNC(Cc1cc(F)cc(Br)c1)Cc1ccccn1. The van der Waals surface area contributed by atoms with Gasteiger partial charge in [0.1, 0.15) is 5.82 Å². The molecule has 0 amide bonds. The Morgan fingerprint density at radius 1 is 1.26 bits per heavy atom. The van der Waals surface area contributed by atoms with Crippen molar-refractivity contribution in [2.24, 2.45) is 0 Å². The molecule has 0 fully saturated rings. The largest absolute Gasteiger partial charge is 0.316 e. The number of hydrogen-bond donors (Lipinski definition) is 1. The number of aromatic nitrogens is 1. The predicted molar refractivity (Wildman–Crippen MR) is 78.6 cm³/mol. The minimum atomic E-state index is -0.211. The van der Waals surface area contributed by atoms with Crippen LogP contribution in [0.15, 0.2) is 47.1 Å². The van der Waals surface area contributed by atoms with E-state index in [0.29, 0.717) is 0 Å². The van der Waals surface area contributed by atoms with Crippen LogP contribution < -0.4 is 5.32 Å². The van der Waals surface area contributed by atoms with Gasteiger partial charge in [-0.25, -0.2) is 4.39 Å². The molecule has 0 aliphatic rings. The van der Waals surface area contributed by atoms with Crippen molar-refractivity contribution >= 4 is 15.9 Å². The van der Waals surface area contributed by atoms with E-state index in [-0.39, 0.29) is 11.9 Å². The number of nitrogens with one attached hydrogen (secondary N) is 1. The predicted octanol–water partition coefficient (Wildman–Crippen LogP) is 3.36. The molecular formula is C15H16BrFN2. The second-order valence-electron chi connectivity index (χ2n) is 4.49. The minimum absolute atomic E-state index is 0.211. The molecule has 100 valence electrons. The van der Waals surface area contributed by atoms with E-state index in [1.54, 1.807) is 12.3 Å². The standard InChI is InChI=1S/C15H16BrFN2/c1-18-15(10-14-4-2-3-5-19-14)8-11-6-12(16)9-13(17)7-11/h2-7,9,15,18H,8,10H2,1H3. The summed E-state index contributed by atoms with van der Waals surface area (Å²) in [6.07, 6.45) is 3.38. The van der Waals surface area contributed by atoms with Crippen molar-refractivity contribution in [2.75, 3.05) is 7.05 Å². The van der Waals surface area contributed by atoms with E-state index in [1.807, 2.05) is 31.3 Å². The van der Waals surface area contributed by atoms with E-state index in [1.165, 1.54) is 6.07 Å². The van der Waals surface area contributed by atoms with Crippen molar-refractivity contribution in [3.8, 4) is 0 Å². The number of hydrogen-bond acceptors (Lipinski definition) is 2. The Bertz CT molecular complexity index is 511. The zero-order chi connectivity index (χ0) is 13.7. The van der Waals surface area contributed by atoms with Crippen molar-refractivity contribution in [2.45, 2.75) is 18.9 Å². The van der Waals surface area contributed by atoms with Gasteiger partial charge in [0.15, 0.2) is 0 Å². The Hall–Kier alpha value is -1.26. The molecule has 4 heteroatoms. The lowest BCUT2D eigenvalue weighted by Crippen LogP contribution is -2.30. The van der Waals surface area contributed by atoms with E-state index in [2.05, 4.69) is 26.2 Å². The topological polar surface area (TPSA) is 24.9 Å². The highest BCUT2D eigenvalue weighted by atomic mass is 79.9. The lowest BCUT2D eigenvalue weighted by molar-refractivity contribution is 0.547. The van der Waals surface area contributed by atoms with Gasteiger partial charge in [-0.05, 0) is 49.4 Å². The number of rotatable bonds is 5. The van der Waals surface area contributed by atoms with Crippen LogP contribution in [0.25, 0.3) is 0 Å². The number of benzene rings is 1. The Morgan fingerprint density at radius 2 is 2.11 bits per heavy atom. The number of likely N-dealkylation sites (N-methyl/N-ethyl adjacent to an activating group) is 1. The third-order valence-electron chi connectivity index (χ3n) is 2.99. The van der Waals surface area contributed by atoms with Crippen LogP contribution in [-0.2, 0) is 12.8 Å². The average molecular weight is 323 g/mol. The second kappa shape index (κ2) is 6.78. The second-order valence-corrected chi connectivity index (χ2v) is 5.41. The molecule has 0 saturated heterocycles.